The van der Waals surface area contributed by atoms with Crippen molar-refractivity contribution in [2.24, 2.45) is 5.73 Å². The third kappa shape index (κ3) is 3.47. The zero-order valence-electron chi connectivity index (χ0n) is 10.5. The van der Waals surface area contributed by atoms with Gasteiger partial charge in [-0.15, -0.1) is 0 Å². The second kappa shape index (κ2) is 5.49. The van der Waals surface area contributed by atoms with Crippen LogP contribution in [0.25, 0.3) is 0 Å². The van der Waals surface area contributed by atoms with Crippen molar-refractivity contribution in [1.82, 2.24) is 0 Å². The van der Waals surface area contributed by atoms with E-state index in [0.717, 1.165) is 11.1 Å². The van der Waals surface area contributed by atoms with Crippen LogP contribution in [-0.4, -0.2) is 0 Å². The van der Waals surface area contributed by atoms with Gasteiger partial charge in [-0.1, -0.05) is 35.3 Å². The highest BCUT2D eigenvalue weighted by Crippen LogP contribution is 2.31. The lowest BCUT2D eigenvalue weighted by Crippen LogP contribution is -2.35. The fraction of sp³-hybridized carbons (Fsp3) is 0.200. The summed E-state index contributed by atoms with van der Waals surface area (Å²) in [6.07, 6.45) is 0.477. The Morgan fingerprint density at radius 3 is 2.58 bits per heavy atom. The predicted octanol–water partition coefficient (Wildman–Crippen LogP) is 4.55. The van der Waals surface area contributed by atoms with E-state index in [1.807, 2.05) is 13.0 Å². The molecule has 0 radical (unpaired) electrons. The monoisotopic (exact) mass is 297 g/mol. The van der Waals surface area contributed by atoms with Gasteiger partial charge < -0.3 is 5.73 Å². The molecule has 0 heterocycles. The summed E-state index contributed by atoms with van der Waals surface area (Å²) in [7, 11) is 0. The second-order valence-electron chi connectivity index (χ2n) is 4.85. The van der Waals surface area contributed by atoms with Crippen LogP contribution in [0.15, 0.2) is 42.5 Å². The van der Waals surface area contributed by atoms with Crippen LogP contribution in [0.2, 0.25) is 10.0 Å². The van der Waals surface area contributed by atoms with Gasteiger partial charge in [0.2, 0.25) is 0 Å². The van der Waals surface area contributed by atoms with Crippen molar-refractivity contribution >= 4 is 23.2 Å². The normalized spacial score (nSPS) is 14.2. The summed E-state index contributed by atoms with van der Waals surface area (Å²) in [6.45, 7) is 1.86. The smallest absolute Gasteiger partial charge is 0.123 e. The van der Waals surface area contributed by atoms with E-state index in [0.29, 0.717) is 16.5 Å². The first-order valence-corrected chi connectivity index (χ1v) is 6.63. The summed E-state index contributed by atoms with van der Waals surface area (Å²) in [5.41, 5.74) is 7.19. The highest BCUT2D eigenvalue weighted by Gasteiger charge is 2.24. The van der Waals surface area contributed by atoms with E-state index >= 15 is 0 Å². The molecule has 19 heavy (non-hydrogen) atoms. The molecule has 2 aromatic rings. The third-order valence-electron chi connectivity index (χ3n) is 3.00. The Morgan fingerprint density at radius 1 is 1.16 bits per heavy atom. The summed E-state index contributed by atoms with van der Waals surface area (Å²) in [5.74, 6) is -0.273. The van der Waals surface area contributed by atoms with Gasteiger partial charge in [0, 0.05) is 15.6 Å². The lowest BCUT2D eigenvalue weighted by Gasteiger charge is -2.26. The second-order valence-corrected chi connectivity index (χ2v) is 5.69. The van der Waals surface area contributed by atoms with E-state index in [-0.39, 0.29) is 5.82 Å². The zero-order valence-corrected chi connectivity index (χ0v) is 12.0. The van der Waals surface area contributed by atoms with Crippen LogP contribution in [0.5, 0.6) is 0 Å². The maximum absolute atomic E-state index is 13.2. The van der Waals surface area contributed by atoms with Crippen LogP contribution in [0.3, 0.4) is 0 Å². The molecule has 0 fully saturated rings. The van der Waals surface area contributed by atoms with Gasteiger partial charge in [0.05, 0.1) is 0 Å². The first-order valence-electron chi connectivity index (χ1n) is 5.87. The molecule has 4 heteroatoms. The van der Waals surface area contributed by atoms with Crippen LogP contribution in [0.4, 0.5) is 4.39 Å². The molecule has 0 saturated carbocycles. The van der Waals surface area contributed by atoms with Gasteiger partial charge in [0.25, 0.3) is 0 Å². The fourth-order valence-corrected chi connectivity index (χ4v) is 2.61. The van der Waals surface area contributed by atoms with E-state index in [9.17, 15) is 4.39 Å². The van der Waals surface area contributed by atoms with Crippen LogP contribution in [0, 0.1) is 5.82 Å². The van der Waals surface area contributed by atoms with Gasteiger partial charge in [-0.2, -0.15) is 0 Å². The summed E-state index contributed by atoms with van der Waals surface area (Å²) in [4.78, 5) is 0. The summed E-state index contributed by atoms with van der Waals surface area (Å²) >= 11 is 12.1. The Bertz CT molecular complexity index is 596. The molecule has 0 aliphatic rings. The first kappa shape index (κ1) is 14.3. The molecule has 2 rings (SSSR count). The Morgan fingerprint density at radius 2 is 1.89 bits per heavy atom. The molecule has 0 saturated heterocycles. The molecule has 2 aromatic carbocycles. The van der Waals surface area contributed by atoms with E-state index in [4.69, 9.17) is 28.9 Å². The number of hydrogen-bond acceptors (Lipinski definition) is 1. The van der Waals surface area contributed by atoms with E-state index in [1.165, 1.54) is 12.1 Å². The van der Waals surface area contributed by atoms with Crippen LogP contribution in [-0.2, 0) is 12.0 Å². The minimum atomic E-state index is -0.713. The molecule has 100 valence electrons. The lowest BCUT2D eigenvalue weighted by molar-refractivity contribution is 0.490. The summed E-state index contributed by atoms with van der Waals surface area (Å²) < 4.78 is 13.2. The SMILES string of the molecule is CC(N)(Cc1cccc(F)c1)c1cc(Cl)ccc1Cl. The number of nitrogens with two attached hydrogens (primary N) is 1. The van der Waals surface area contributed by atoms with Crippen molar-refractivity contribution in [2.45, 2.75) is 18.9 Å². The average Bonchev–Trinajstić information content (AvgIpc) is 2.31. The van der Waals surface area contributed by atoms with E-state index in [1.54, 1.807) is 24.3 Å². The van der Waals surface area contributed by atoms with E-state index in [2.05, 4.69) is 0 Å². The fourth-order valence-electron chi connectivity index (χ4n) is 2.10. The Labute approximate surface area is 122 Å². The first-order chi connectivity index (χ1) is 8.88. The minimum absolute atomic E-state index is 0.273. The van der Waals surface area contributed by atoms with Crippen molar-refractivity contribution in [3.05, 3.63) is 69.5 Å². The molecule has 0 bridgehead atoms. The molecule has 0 aliphatic heterocycles. The maximum Gasteiger partial charge on any atom is 0.123 e. The lowest BCUT2D eigenvalue weighted by atomic mass is 9.86. The van der Waals surface area contributed by atoms with E-state index < -0.39 is 5.54 Å². The van der Waals surface area contributed by atoms with Crippen LogP contribution < -0.4 is 5.73 Å². The van der Waals surface area contributed by atoms with Gasteiger partial charge >= 0.3 is 0 Å². The molecule has 0 aromatic heterocycles. The standard InChI is InChI=1S/C15H14Cl2FN/c1-15(19,9-10-3-2-4-12(18)7-10)13-8-11(16)5-6-14(13)17/h2-8H,9,19H2,1H3. The van der Waals surface area contributed by atoms with Crippen LogP contribution >= 0.6 is 23.2 Å². The number of halogens is 3. The molecule has 1 unspecified atom stereocenters. The Hall–Kier alpha value is -1.09. The average molecular weight is 298 g/mol. The van der Waals surface area contributed by atoms with Crippen molar-refractivity contribution in [2.75, 3.05) is 0 Å². The number of benzene rings is 2. The topological polar surface area (TPSA) is 26.0 Å². The number of hydrogen-bond donors (Lipinski definition) is 1. The van der Waals surface area contributed by atoms with Crippen molar-refractivity contribution in [3.63, 3.8) is 0 Å². The highest BCUT2D eigenvalue weighted by molar-refractivity contribution is 6.33. The maximum atomic E-state index is 13.2. The van der Waals surface area contributed by atoms with Gasteiger partial charge in [-0.05, 0) is 54.8 Å². The Balaban J connectivity index is 2.34. The van der Waals surface area contributed by atoms with Gasteiger partial charge in [0.15, 0.2) is 0 Å². The minimum Gasteiger partial charge on any atom is -0.321 e. The van der Waals surface area contributed by atoms with Gasteiger partial charge in [-0.25, -0.2) is 4.39 Å². The number of rotatable bonds is 3. The molecule has 0 amide bonds. The Kier molecular flexibility index (Phi) is 4.14. The van der Waals surface area contributed by atoms with Crippen molar-refractivity contribution < 1.29 is 4.39 Å². The quantitative estimate of drug-likeness (QED) is 0.884. The molecule has 1 atom stereocenters. The molecule has 0 spiro atoms. The summed E-state index contributed by atoms with van der Waals surface area (Å²) in [5, 5.41) is 1.14. The molecule has 1 nitrogen and oxygen atoms in total. The highest BCUT2D eigenvalue weighted by atomic mass is 35.5. The van der Waals surface area contributed by atoms with Crippen molar-refractivity contribution in [1.29, 1.82) is 0 Å². The molecular formula is C15H14Cl2FN. The van der Waals surface area contributed by atoms with Gasteiger partial charge in [0.1, 0.15) is 5.82 Å². The van der Waals surface area contributed by atoms with Gasteiger partial charge in [-0.3, -0.25) is 0 Å². The predicted molar refractivity (Wildman–Crippen MR) is 78.1 cm³/mol. The molecule has 2 N–H and O–H groups in total. The third-order valence-corrected chi connectivity index (χ3v) is 3.57. The zero-order chi connectivity index (χ0) is 14.0. The largest absolute Gasteiger partial charge is 0.321 e. The summed E-state index contributed by atoms with van der Waals surface area (Å²) in [6, 6.07) is 11.6. The van der Waals surface area contributed by atoms with Crippen LogP contribution in [0.1, 0.15) is 18.1 Å². The molecular weight excluding hydrogens is 284 g/mol. The van der Waals surface area contributed by atoms with Crippen molar-refractivity contribution in [3.8, 4) is 0 Å². The molecule has 0 aliphatic carbocycles.